The minimum absolute atomic E-state index is 0.0109. The number of carbonyl (C=O) groups is 12. The molecule has 0 unspecified atom stereocenters. The lowest BCUT2D eigenvalue weighted by atomic mass is 9.95. The first-order valence-corrected chi connectivity index (χ1v) is 34.2. The molecule has 30 heteroatoms. The monoisotopic (exact) mass is 1360 g/mol. The second-order valence-electron chi connectivity index (χ2n) is 27.5. The van der Waals surface area contributed by atoms with Crippen LogP contribution in [0.5, 0.6) is 0 Å². The molecule has 544 valence electrons. The summed E-state index contributed by atoms with van der Waals surface area (Å²) in [6.07, 6.45) is 4.13. The first-order chi connectivity index (χ1) is 45.5. The molecule has 0 saturated carbocycles. The standard InChI is InChI=1S/C67H113N17O13/c1-15-39(12)54(83-60(90)48(31-35(4)5)79-62(92)51(69)36(6)7)65(95)84-29-21-26-50(84)61(91)82-53(38(10)11)63(93)77-45(24-18-19-27-68)57(87)74-40(13)55(85)78-47(30-34(2)3)59(89)76-46(25-20-28-72-67(70)71)58(88)75-41(14)56(86)81-52(37(8)9)64(94)80-49(66(96)97)32-42-33-73-44-23-17-16-22-43(42)44/h16-17,22-23,33-41,45-54,73H,15,18-21,24-32,68-69H2,1-14H3,(H,74,87)(H,75,88)(H,76,89)(H,77,93)(H,78,85)(H,79,92)(H,80,94)(H,81,86)(H,82,91)(H,83,90)(H,96,97)(H4,70,71,72)/t39-,40-,41-,45-,46-,47-,48-,49-,50-,51-,52-,53-,54-/m0/s1. The molecule has 13 atom stereocenters. The van der Waals surface area contributed by atoms with Crippen LogP contribution in [0.4, 0.5) is 0 Å². The molecule has 0 aliphatic carbocycles. The summed E-state index contributed by atoms with van der Waals surface area (Å²) in [5, 5.41) is 37.9. The third kappa shape index (κ3) is 26.5. The van der Waals surface area contributed by atoms with Gasteiger partial charge in [-0.05, 0) is 125 Å². The van der Waals surface area contributed by atoms with Gasteiger partial charge >= 0.3 is 5.97 Å². The summed E-state index contributed by atoms with van der Waals surface area (Å²) in [4.78, 5) is 175. The summed E-state index contributed by atoms with van der Waals surface area (Å²) in [7, 11) is 0. The van der Waals surface area contributed by atoms with Crippen LogP contribution in [0, 0.1) is 35.5 Å². The SMILES string of the molecule is CC[C@H](C)[C@H](NC(=O)[C@H](CC(C)C)NC(=O)[C@@H](N)C(C)C)C(=O)N1CCC[C@H]1C(=O)N[C@H](C(=O)N[C@@H](CCCCN)C(=O)N[C@@H](C)C(=O)N[C@@H](CC(C)C)C(=O)N[C@@H](CCCN=C(N)N)C(=O)N[C@@H](C)C(=O)N[C@H](C(=O)N[C@@H](Cc1c[nH]c2ccccc12)C(=O)O)C(C)C)C(C)C. The zero-order chi connectivity index (χ0) is 73.1. The molecule has 1 aliphatic heterocycles. The second kappa shape index (κ2) is 40.3. The van der Waals surface area contributed by atoms with Gasteiger partial charge in [0.2, 0.25) is 65.0 Å². The van der Waals surface area contributed by atoms with Gasteiger partial charge in [0.15, 0.2) is 5.96 Å². The lowest BCUT2D eigenvalue weighted by Gasteiger charge is -2.33. The molecule has 1 aromatic heterocycles. The van der Waals surface area contributed by atoms with E-state index in [4.69, 9.17) is 22.9 Å². The Balaban J connectivity index is 1.78. The highest BCUT2D eigenvalue weighted by atomic mass is 16.4. The number of para-hydroxylation sites is 1. The first kappa shape index (κ1) is 82.8. The van der Waals surface area contributed by atoms with Crippen molar-refractivity contribution in [1.29, 1.82) is 0 Å². The van der Waals surface area contributed by atoms with Gasteiger partial charge in [-0.1, -0.05) is 108 Å². The van der Waals surface area contributed by atoms with Gasteiger partial charge in [-0.2, -0.15) is 0 Å². The van der Waals surface area contributed by atoms with Gasteiger partial charge in [-0.3, -0.25) is 57.7 Å². The molecule has 3 rings (SSSR count). The van der Waals surface area contributed by atoms with Crippen LogP contribution >= 0.6 is 0 Å². The number of nitrogens with one attached hydrogen (secondary N) is 11. The van der Waals surface area contributed by atoms with Gasteiger partial charge in [-0.15, -0.1) is 0 Å². The van der Waals surface area contributed by atoms with Crippen LogP contribution in [0.1, 0.15) is 167 Å². The summed E-state index contributed by atoms with van der Waals surface area (Å²) >= 11 is 0. The Bertz CT molecular complexity index is 3020. The van der Waals surface area contributed by atoms with E-state index in [1.807, 2.05) is 39.0 Å². The number of fused-ring (bicyclic) bond motifs is 1. The number of carboxylic acids is 1. The Hall–Kier alpha value is -8.41. The van der Waals surface area contributed by atoms with Crippen LogP contribution in [0.25, 0.3) is 10.9 Å². The Kier molecular flexibility index (Phi) is 34.4. The van der Waals surface area contributed by atoms with Crippen molar-refractivity contribution in [2.24, 2.45) is 63.4 Å². The molecule has 97 heavy (non-hydrogen) atoms. The molecule has 30 nitrogen and oxygen atoms in total. The summed E-state index contributed by atoms with van der Waals surface area (Å²) in [6, 6.07) is -6.97. The number of rotatable bonds is 41. The summed E-state index contributed by atoms with van der Waals surface area (Å²) in [6.45, 7) is 24.6. The molecule has 2 heterocycles. The Labute approximate surface area is 570 Å². The predicted molar refractivity (Wildman–Crippen MR) is 369 cm³/mol. The molecule has 1 aliphatic rings. The van der Waals surface area contributed by atoms with Crippen molar-refractivity contribution in [2.45, 2.75) is 240 Å². The van der Waals surface area contributed by atoms with Crippen LogP contribution in [0.3, 0.4) is 0 Å². The van der Waals surface area contributed by atoms with Gasteiger partial charge in [0, 0.05) is 36.6 Å². The third-order valence-electron chi connectivity index (χ3n) is 17.2. The number of nitrogens with zero attached hydrogens (tertiary/aromatic N) is 2. The Morgan fingerprint density at radius 3 is 1.56 bits per heavy atom. The lowest BCUT2D eigenvalue weighted by molar-refractivity contribution is -0.144. The van der Waals surface area contributed by atoms with E-state index in [1.54, 1.807) is 74.6 Å². The van der Waals surface area contributed by atoms with E-state index >= 15 is 0 Å². The topological polar surface area (TPSA) is 481 Å². The number of aromatic amines is 1. The minimum Gasteiger partial charge on any atom is -0.480 e. The number of nitrogens with two attached hydrogens (primary N) is 4. The van der Waals surface area contributed by atoms with Crippen molar-refractivity contribution in [3.63, 3.8) is 0 Å². The number of benzene rings is 1. The fraction of sp³-hybridized carbons (Fsp3) is 0.687. The molecule has 0 radical (unpaired) electrons. The highest BCUT2D eigenvalue weighted by Gasteiger charge is 2.42. The summed E-state index contributed by atoms with van der Waals surface area (Å²) in [5.41, 5.74) is 24.5. The van der Waals surface area contributed by atoms with Crippen molar-refractivity contribution < 1.29 is 62.6 Å². The molecule has 20 N–H and O–H groups in total. The smallest absolute Gasteiger partial charge is 0.326 e. The minimum atomic E-state index is -1.36. The Morgan fingerprint density at radius 1 is 0.567 bits per heavy atom. The number of hydrogen-bond donors (Lipinski definition) is 16. The number of H-pyrrole nitrogens is 1. The maximum absolute atomic E-state index is 14.5. The number of likely N-dealkylation sites (tertiary alicyclic amines) is 1. The number of amides is 11. The van der Waals surface area contributed by atoms with E-state index in [0.29, 0.717) is 31.2 Å². The zero-order valence-electron chi connectivity index (χ0n) is 59.2. The van der Waals surface area contributed by atoms with Crippen molar-refractivity contribution in [3.8, 4) is 0 Å². The number of guanidine groups is 1. The molecule has 1 aromatic carbocycles. The maximum Gasteiger partial charge on any atom is 0.326 e. The Morgan fingerprint density at radius 2 is 1.04 bits per heavy atom. The molecule has 0 spiro atoms. The lowest BCUT2D eigenvalue weighted by Crippen LogP contribution is -2.61. The first-order valence-electron chi connectivity index (χ1n) is 34.2. The summed E-state index contributed by atoms with van der Waals surface area (Å²) < 4.78 is 0. The molecule has 1 saturated heterocycles. The third-order valence-corrected chi connectivity index (χ3v) is 17.2. The quantitative estimate of drug-likeness (QED) is 0.0242. The van der Waals surface area contributed by atoms with E-state index in [2.05, 4.69) is 63.1 Å². The number of aliphatic carboxylic acids is 1. The average molecular weight is 1360 g/mol. The van der Waals surface area contributed by atoms with Crippen molar-refractivity contribution >= 4 is 87.8 Å². The van der Waals surface area contributed by atoms with Gasteiger partial charge in [-0.25, -0.2) is 4.79 Å². The van der Waals surface area contributed by atoms with Crippen LogP contribution in [0.15, 0.2) is 35.5 Å². The predicted octanol–water partition coefficient (Wildman–Crippen LogP) is 0.290. The van der Waals surface area contributed by atoms with E-state index in [1.165, 1.54) is 18.7 Å². The normalized spacial score (nSPS) is 16.8. The van der Waals surface area contributed by atoms with E-state index in [9.17, 15) is 62.6 Å². The van der Waals surface area contributed by atoms with Gasteiger partial charge in [0.05, 0.1) is 6.04 Å². The van der Waals surface area contributed by atoms with Gasteiger partial charge < -0.3 is 91.1 Å². The maximum atomic E-state index is 14.5. The average Bonchev–Trinajstić information content (AvgIpc) is 1.74. The highest BCUT2D eigenvalue weighted by Crippen LogP contribution is 2.24. The van der Waals surface area contributed by atoms with Gasteiger partial charge in [0.1, 0.15) is 66.5 Å². The van der Waals surface area contributed by atoms with Crippen molar-refractivity contribution in [3.05, 3.63) is 36.0 Å². The van der Waals surface area contributed by atoms with Crippen molar-refractivity contribution in [1.82, 2.24) is 63.1 Å². The van der Waals surface area contributed by atoms with E-state index in [0.717, 1.165) is 10.9 Å². The van der Waals surface area contributed by atoms with E-state index in [-0.39, 0.29) is 94.2 Å². The van der Waals surface area contributed by atoms with Crippen LogP contribution in [-0.4, -0.2) is 184 Å². The number of carbonyl (C=O) groups excluding carboxylic acids is 11. The molecule has 11 amide bonds. The second-order valence-corrected chi connectivity index (χ2v) is 27.5. The van der Waals surface area contributed by atoms with Crippen LogP contribution in [-0.2, 0) is 64.0 Å². The number of aliphatic imine (C=N–C) groups is 1. The van der Waals surface area contributed by atoms with Crippen LogP contribution < -0.4 is 76.1 Å². The number of hydrogen-bond acceptors (Lipinski definition) is 15. The summed E-state index contributed by atoms with van der Waals surface area (Å²) in [5.74, 6) is -11.1. The van der Waals surface area contributed by atoms with E-state index < -0.39 is 155 Å². The number of unbranched alkanes of at least 4 members (excludes halogenated alkanes) is 1. The molecular weight excluding hydrogens is 1250 g/mol. The van der Waals surface area contributed by atoms with Gasteiger partial charge in [0.25, 0.3) is 0 Å². The molecule has 1 fully saturated rings. The fourth-order valence-corrected chi connectivity index (χ4v) is 11.1. The highest BCUT2D eigenvalue weighted by molar-refractivity contribution is 6.00. The molecule has 0 bridgehead atoms. The van der Waals surface area contributed by atoms with Crippen LogP contribution in [0.2, 0.25) is 0 Å². The van der Waals surface area contributed by atoms with Crippen molar-refractivity contribution in [2.75, 3.05) is 19.6 Å². The number of carboxylic acid groups (broad SMARTS) is 1. The molecular formula is C67H113N17O13. The number of aromatic nitrogens is 1. The zero-order valence-corrected chi connectivity index (χ0v) is 59.2. The largest absolute Gasteiger partial charge is 0.480 e. The fourth-order valence-electron chi connectivity index (χ4n) is 11.1. The molecule has 2 aromatic rings.